The number of likely N-dealkylation sites (N-methyl/N-ethyl adjacent to an activating group) is 1. The minimum Gasteiger partial charge on any atom is -0.366 e. The number of hydrogen-bond acceptors (Lipinski definition) is 4. The second kappa shape index (κ2) is 7.88. The molecule has 3 heterocycles. The monoisotopic (exact) mass is 365 g/mol. The number of aromatic amines is 1. The molecule has 1 aromatic carbocycles. The Morgan fingerprint density at radius 2 is 1.93 bits per heavy atom. The maximum absolute atomic E-state index is 13.3. The minimum absolute atomic E-state index is 0.247. The van der Waals surface area contributed by atoms with Gasteiger partial charge in [0.05, 0.1) is 11.3 Å². The van der Waals surface area contributed by atoms with Gasteiger partial charge in [-0.25, -0.2) is 4.39 Å². The number of nitrogens with one attached hydrogen (secondary N) is 2. The van der Waals surface area contributed by atoms with Crippen molar-refractivity contribution in [2.75, 3.05) is 25.0 Å². The summed E-state index contributed by atoms with van der Waals surface area (Å²) >= 11 is 0. The number of benzene rings is 1. The van der Waals surface area contributed by atoms with Crippen molar-refractivity contribution in [1.82, 2.24) is 20.1 Å². The van der Waals surface area contributed by atoms with E-state index < -0.39 is 0 Å². The molecule has 1 saturated heterocycles. The minimum atomic E-state index is -0.247. The van der Waals surface area contributed by atoms with Crippen LogP contribution < -0.4 is 5.32 Å². The van der Waals surface area contributed by atoms with E-state index in [4.69, 9.17) is 0 Å². The molecule has 0 radical (unpaired) electrons. The number of halogens is 1. The summed E-state index contributed by atoms with van der Waals surface area (Å²) in [5.41, 5.74) is 3.80. The van der Waals surface area contributed by atoms with Crippen LogP contribution in [0.1, 0.15) is 19.8 Å². The fourth-order valence-electron chi connectivity index (χ4n) is 3.85. The average molecular weight is 365 g/mol. The van der Waals surface area contributed by atoms with E-state index in [0.717, 1.165) is 41.3 Å². The van der Waals surface area contributed by atoms with Crippen molar-refractivity contribution in [2.24, 2.45) is 0 Å². The van der Waals surface area contributed by atoms with Crippen LogP contribution in [0.25, 0.3) is 22.4 Å². The van der Waals surface area contributed by atoms with Crippen molar-refractivity contribution < 1.29 is 4.39 Å². The van der Waals surface area contributed by atoms with Crippen LogP contribution in [0.3, 0.4) is 0 Å². The standard InChI is InChI=1S/C21H24FN5/c1-2-27-13-3-4-18(27)14-24-21-19(15-9-11-23-12-10-15)20(25-26-21)16-5-7-17(22)8-6-16/h5-12,18H,2-4,13-14H2,1H3,(H2,24,25,26). The molecule has 0 aliphatic carbocycles. The second-order valence-electron chi connectivity index (χ2n) is 6.87. The lowest BCUT2D eigenvalue weighted by Gasteiger charge is -2.23. The number of anilines is 1. The quantitative estimate of drug-likeness (QED) is 0.688. The summed E-state index contributed by atoms with van der Waals surface area (Å²) in [7, 11) is 0. The van der Waals surface area contributed by atoms with Gasteiger partial charge in [-0.15, -0.1) is 0 Å². The molecule has 1 aliphatic rings. The Labute approximate surface area is 158 Å². The molecule has 4 rings (SSSR count). The van der Waals surface area contributed by atoms with E-state index >= 15 is 0 Å². The molecule has 1 fully saturated rings. The zero-order valence-corrected chi connectivity index (χ0v) is 15.5. The molecule has 2 N–H and O–H groups in total. The molecule has 140 valence electrons. The molecule has 1 atom stereocenters. The smallest absolute Gasteiger partial charge is 0.156 e. The first kappa shape index (κ1) is 17.7. The van der Waals surface area contributed by atoms with Crippen molar-refractivity contribution in [1.29, 1.82) is 0 Å². The zero-order valence-electron chi connectivity index (χ0n) is 15.5. The molecule has 0 saturated carbocycles. The Hall–Kier alpha value is -2.73. The molecule has 3 aromatic rings. The Balaban J connectivity index is 1.66. The third-order valence-electron chi connectivity index (χ3n) is 5.28. The lowest BCUT2D eigenvalue weighted by atomic mass is 10.0. The number of pyridine rings is 1. The fraction of sp³-hybridized carbons (Fsp3) is 0.333. The van der Waals surface area contributed by atoms with E-state index in [2.05, 4.69) is 32.3 Å². The fourth-order valence-corrected chi connectivity index (χ4v) is 3.85. The Morgan fingerprint density at radius 3 is 2.67 bits per heavy atom. The zero-order chi connectivity index (χ0) is 18.6. The van der Waals surface area contributed by atoms with Crippen LogP contribution in [0.5, 0.6) is 0 Å². The van der Waals surface area contributed by atoms with Crippen LogP contribution in [-0.2, 0) is 0 Å². The molecule has 2 aromatic heterocycles. The molecule has 0 amide bonds. The van der Waals surface area contributed by atoms with Crippen LogP contribution in [0.15, 0.2) is 48.8 Å². The molecular formula is C21H24FN5. The average Bonchev–Trinajstić information content (AvgIpc) is 3.34. The number of hydrogen-bond donors (Lipinski definition) is 2. The van der Waals surface area contributed by atoms with Gasteiger partial charge >= 0.3 is 0 Å². The van der Waals surface area contributed by atoms with Crippen molar-refractivity contribution in [3.8, 4) is 22.4 Å². The van der Waals surface area contributed by atoms with Gasteiger partial charge in [0.2, 0.25) is 0 Å². The molecule has 0 spiro atoms. The van der Waals surface area contributed by atoms with Gasteiger partial charge in [0.1, 0.15) is 5.82 Å². The highest BCUT2D eigenvalue weighted by molar-refractivity contribution is 5.88. The number of aromatic nitrogens is 3. The first-order valence-corrected chi connectivity index (χ1v) is 9.49. The highest BCUT2D eigenvalue weighted by Crippen LogP contribution is 2.36. The van der Waals surface area contributed by atoms with E-state index in [1.54, 1.807) is 24.5 Å². The van der Waals surface area contributed by atoms with Gasteiger partial charge in [-0.1, -0.05) is 6.92 Å². The molecule has 27 heavy (non-hydrogen) atoms. The summed E-state index contributed by atoms with van der Waals surface area (Å²) in [4.78, 5) is 6.63. The molecule has 0 bridgehead atoms. The SMILES string of the molecule is CCN1CCCC1CNc1n[nH]c(-c2ccc(F)cc2)c1-c1ccncc1. The van der Waals surface area contributed by atoms with Crippen LogP contribution in [-0.4, -0.2) is 45.8 Å². The van der Waals surface area contributed by atoms with Crippen LogP contribution in [0.2, 0.25) is 0 Å². The van der Waals surface area contributed by atoms with Gasteiger partial charge in [0, 0.05) is 30.5 Å². The van der Waals surface area contributed by atoms with E-state index in [1.807, 2.05) is 12.1 Å². The van der Waals surface area contributed by atoms with E-state index in [9.17, 15) is 4.39 Å². The normalized spacial score (nSPS) is 17.3. The molecular weight excluding hydrogens is 341 g/mol. The number of H-pyrrole nitrogens is 1. The molecule has 1 aliphatic heterocycles. The Morgan fingerprint density at radius 1 is 1.15 bits per heavy atom. The number of nitrogens with zero attached hydrogens (tertiary/aromatic N) is 3. The second-order valence-corrected chi connectivity index (χ2v) is 6.87. The van der Waals surface area contributed by atoms with E-state index in [1.165, 1.54) is 31.5 Å². The summed E-state index contributed by atoms with van der Waals surface area (Å²) in [6.45, 7) is 5.31. The largest absolute Gasteiger partial charge is 0.366 e. The van der Waals surface area contributed by atoms with Crippen molar-refractivity contribution >= 4 is 5.82 Å². The summed E-state index contributed by atoms with van der Waals surface area (Å²) in [5, 5.41) is 11.2. The van der Waals surface area contributed by atoms with E-state index in [0.29, 0.717) is 6.04 Å². The summed E-state index contributed by atoms with van der Waals surface area (Å²) < 4.78 is 13.3. The summed E-state index contributed by atoms with van der Waals surface area (Å²) in [6, 6.07) is 11.0. The molecule has 1 unspecified atom stereocenters. The van der Waals surface area contributed by atoms with Gasteiger partial charge in [0.25, 0.3) is 0 Å². The summed E-state index contributed by atoms with van der Waals surface area (Å²) in [5.74, 6) is 0.575. The van der Waals surface area contributed by atoms with Crippen molar-refractivity contribution in [2.45, 2.75) is 25.8 Å². The summed E-state index contributed by atoms with van der Waals surface area (Å²) in [6.07, 6.45) is 6.01. The van der Waals surface area contributed by atoms with Gasteiger partial charge < -0.3 is 5.32 Å². The van der Waals surface area contributed by atoms with Crippen molar-refractivity contribution in [3.05, 3.63) is 54.6 Å². The third kappa shape index (κ3) is 3.71. The molecule has 5 nitrogen and oxygen atoms in total. The third-order valence-corrected chi connectivity index (χ3v) is 5.28. The van der Waals surface area contributed by atoms with Crippen molar-refractivity contribution in [3.63, 3.8) is 0 Å². The first-order chi connectivity index (χ1) is 13.3. The maximum Gasteiger partial charge on any atom is 0.156 e. The number of rotatable bonds is 6. The number of likely N-dealkylation sites (tertiary alicyclic amines) is 1. The first-order valence-electron chi connectivity index (χ1n) is 9.49. The lowest BCUT2D eigenvalue weighted by molar-refractivity contribution is 0.277. The van der Waals surface area contributed by atoms with Crippen LogP contribution in [0, 0.1) is 5.82 Å². The van der Waals surface area contributed by atoms with Gasteiger partial charge in [-0.2, -0.15) is 5.10 Å². The lowest BCUT2D eigenvalue weighted by Crippen LogP contribution is -2.34. The highest BCUT2D eigenvalue weighted by atomic mass is 19.1. The van der Waals surface area contributed by atoms with Crippen LogP contribution >= 0.6 is 0 Å². The van der Waals surface area contributed by atoms with Gasteiger partial charge in [0.15, 0.2) is 5.82 Å². The van der Waals surface area contributed by atoms with Gasteiger partial charge in [-0.05, 0) is 67.9 Å². The Kier molecular flexibility index (Phi) is 5.16. The van der Waals surface area contributed by atoms with Gasteiger partial charge in [-0.3, -0.25) is 15.0 Å². The van der Waals surface area contributed by atoms with E-state index in [-0.39, 0.29) is 5.82 Å². The van der Waals surface area contributed by atoms with Crippen LogP contribution in [0.4, 0.5) is 10.2 Å². The maximum atomic E-state index is 13.3. The topological polar surface area (TPSA) is 56.8 Å². The predicted octanol–water partition coefficient (Wildman–Crippen LogP) is 4.17. The highest BCUT2D eigenvalue weighted by Gasteiger charge is 2.24. The predicted molar refractivity (Wildman–Crippen MR) is 106 cm³/mol. The molecule has 6 heteroatoms. The Bertz CT molecular complexity index is 875.